The van der Waals surface area contributed by atoms with E-state index in [0.29, 0.717) is 18.4 Å². The van der Waals surface area contributed by atoms with Gasteiger partial charge in [-0.3, -0.25) is 9.59 Å². The van der Waals surface area contributed by atoms with Crippen molar-refractivity contribution in [3.8, 4) is 0 Å². The molecule has 1 atom stereocenters. The molecule has 5 nitrogen and oxygen atoms in total. The zero-order chi connectivity index (χ0) is 16.8. The summed E-state index contributed by atoms with van der Waals surface area (Å²) in [5.74, 6) is 1.06. The zero-order valence-corrected chi connectivity index (χ0v) is 14.5. The smallest absolute Gasteiger partial charge is 0.256 e. The van der Waals surface area contributed by atoms with Gasteiger partial charge in [-0.15, -0.1) is 0 Å². The molecule has 0 spiro atoms. The molecule has 23 heavy (non-hydrogen) atoms. The number of nitrogens with zero attached hydrogens (tertiary/aromatic N) is 1. The third kappa shape index (κ3) is 5.50. The van der Waals surface area contributed by atoms with Crippen LogP contribution in [0.25, 0.3) is 0 Å². The van der Waals surface area contributed by atoms with Crippen LogP contribution in [0.2, 0.25) is 0 Å². The van der Waals surface area contributed by atoms with Crippen LogP contribution in [0.1, 0.15) is 49.2 Å². The van der Waals surface area contributed by atoms with Crippen molar-refractivity contribution in [2.75, 3.05) is 26.2 Å². The second kappa shape index (κ2) is 8.29. The molecule has 1 aliphatic rings. The van der Waals surface area contributed by atoms with E-state index in [4.69, 9.17) is 0 Å². The number of aromatic amines is 1. The summed E-state index contributed by atoms with van der Waals surface area (Å²) in [4.78, 5) is 29.3. The normalized spacial score (nSPS) is 19.0. The van der Waals surface area contributed by atoms with E-state index >= 15 is 0 Å². The van der Waals surface area contributed by atoms with Gasteiger partial charge in [0.1, 0.15) is 5.56 Å². The van der Waals surface area contributed by atoms with Gasteiger partial charge < -0.3 is 15.2 Å². The first-order valence-electron chi connectivity index (χ1n) is 8.65. The lowest BCUT2D eigenvalue weighted by atomic mass is 9.94. The second-order valence-electron chi connectivity index (χ2n) is 7.10. The minimum absolute atomic E-state index is 0.195. The van der Waals surface area contributed by atoms with Gasteiger partial charge in [-0.1, -0.05) is 13.8 Å². The van der Waals surface area contributed by atoms with Crippen molar-refractivity contribution < 1.29 is 4.79 Å². The highest BCUT2D eigenvalue weighted by atomic mass is 16.2. The first-order valence-corrected chi connectivity index (χ1v) is 8.65. The molecule has 2 heterocycles. The molecule has 1 saturated heterocycles. The lowest BCUT2D eigenvalue weighted by Crippen LogP contribution is -2.39. The van der Waals surface area contributed by atoms with Crippen LogP contribution in [0.3, 0.4) is 0 Å². The third-order valence-electron chi connectivity index (χ3n) is 4.37. The first kappa shape index (κ1) is 17.7. The fourth-order valence-corrected chi connectivity index (χ4v) is 3.30. The van der Waals surface area contributed by atoms with Crippen molar-refractivity contribution in [3.63, 3.8) is 0 Å². The number of rotatable bonds is 6. The van der Waals surface area contributed by atoms with E-state index in [1.807, 2.05) is 0 Å². The highest BCUT2D eigenvalue weighted by molar-refractivity contribution is 5.93. The van der Waals surface area contributed by atoms with E-state index < -0.39 is 0 Å². The van der Waals surface area contributed by atoms with Gasteiger partial charge in [0.05, 0.1) is 0 Å². The molecule has 2 rings (SSSR count). The van der Waals surface area contributed by atoms with E-state index in [9.17, 15) is 9.59 Å². The molecule has 1 amide bonds. The molecule has 0 bridgehead atoms. The summed E-state index contributed by atoms with van der Waals surface area (Å²) >= 11 is 0. The number of pyridine rings is 1. The van der Waals surface area contributed by atoms with Crippen LogP contribution in [-0.2, 0) is 0 Å². The van der Waals surface area contributed by atoms with Gasteiger partial charge in [0.15, 0.2) is 5.43 Å². The van der Waals surface area contributed by atoms with Crippen molar-refractivity contribution in [2.45, 2.75) is 40.0 Å². The fourth-order valence-electron chi connectivity index (χ4n) is 3.30. The quantitative estimate of drug-likeness (QED) is 0.844. The first-order chi connectivity index (χ1) is 11.0. The summed E-state index contributed by atoms with van der Waals surface area (Å²) < 4.78 is 0. The summed E-state index contributed by atoms with van der Waals surface area (Å²) in [6.07, 6.45) is 4.95. The molecule has 1 aliphatic heterocycles. The van der Waals surface area contributed by atoms with Gasteiger partial charge in [0.2, 0.25) is 0 Å². The van der Waals surface area contributed by atoms with E-state index in [1.165, 1.54) is 31.6 Å². The zero-order valence-electron chi connectivity index (χ0n) is 14.5. The molecule has 0 aliphatic carbocycles. The Bertz CT molecular complexity index is 580. The summed E-state index contributed by atoms with van der Waals surface area (Å²) in [6, 6.07) is 1.46. The average Bonchev–Trinajstić information content (AvgIpc) is 2.46. The minimum Gasteiger partial charge on any atom is -0.364 e. The maximum atomic E-state index is 12.1. The number of carbonyl (C=O) groups excluding carboxylic acids is 1. The molecule has 1 aromatic rings. The van der Waals surface area contributed by atoms with Crippen LogP contribution in [-0.4, -0.2) is 42.0 Å². The van der Waals surface area contributed by atoms with E-state index in [-0.39, 0.29) is 16.9 Å². The van der Waals surface area contributed by atoms with Crippen LogP contribution in [0.15, 0.2) is 17.1 Å². The Morgan fingerprint density at radius 2 is 2.26 bits per heavy atom. The number of hydrogen-bond donors (Lipinski definition) is 2. The number of piperidine rings is 1. The Balaban J connectivity index is 1.78. The molecule has 1 fully saturated rings. The maximum absolute atomic E-state index is 12.1. The van der Waals surface area contributed by atoms with Gasteiger partial charge in [-0.25, -0.2) is 0 Å². The van der Waals surface area contributed by atoms with Crippen LogP contribution in [0, 0.1) is 18.8 Å². The minimum atomic E-state index is -0.277. The molecule has 0 saturated carbocycles. The Kier molecular flexibility index (Phi) is 6.39. The molecule has 1 unspecified atom stereocenters. The topological polar surface area (TPSA) is 65.2 Å². The van der Waals surface area contributed by atoms with Crippen molar-refractivity contribution in [3.05, 3.63) is 33.7 Å². The standard InChI is InChI=1S/C18H29N3O2/c1-13(2)11-21-8-4-5-15(12-21)6-7-19-18(23)16-10-20-14(3)9-17(16)22/h9-10,13,15H,4-8,11-12H2,1-3H3,(H,19,23)(H,20,22). The van der Waals surface area contributed by atoms with E-state index in [2.05, 4.69) is 29.0 Å². The number of hydrogen-bond acceptors (Lipinski definition) is 3. The number of carbonyl (C=O) groups is 1. The third-order valence-corrected chi connectivity index (χ3v) is 4.37. The molecule has 2 N–H and O–H groups in total. The number of aryl methyl sites for hydroxylation is 1. The molecule has 1 aromatic heterocycles. The van der Waals surface area contributed by atoms with Crippen LogP contribution >= 0.6 is 0 Å². The van der Waals surface area contributed by atoms with Crippen molar-refractivity contribution in [1.82, 2.24) is 15.2 Å². The Hall–Kier alpha value is -1.62. The van der Waals surface area contributed by atoms with Crippen LogP contribution in [0.5, 0.6) is 0 Å². The highest BCUT2D eigenvalue weighted by Crippen LogP contribution is 2.19. The molecule has 0 aromatic carbocycles. The predicted molar refractivity (Wildman–Crippen MR) is 92.8 cm³/mol. The SMILES string of the molecule is Cc1cc(=O)c(C(=O)NCCC2CCCN(CC(C)C)C2)c[nH]1. The lowest BCUT2D eigenvalue weighted by Gasteiger charge is -2.33. The number of amides is 1. The summed E-state index contributed by atoms with van der Waals surface area (Å²) in [6.45, 7) is 10.4. The van der Waals surface area contributed by atoms with Crippen molar-refractivity contribution in [2.24, 2.45) is 11.8 Å². The maximum Gasteiger partial charge on any atom is 0.256 e. The van der Waals surface area contributed by atoms with Gasteiger partial charge in [0, 0.05) is 37.6 Å². The second-order valence-corrected chi connectivity index (χ2v) is 7.10. The summed E-state index contributed by atoms with van der Waals surface area (Å²) in [5, 5.41) is 2.88. The van der Waals surface area contributed by atoms with Crippen molar-refractivity contribution in [1.29, 1.82) is 0 Å². The predicted octanol–water partition coefficient (Wildman–Crippen LogP) is 2.17. The average molecular weight is 319 g/mol. The lowest BCUT2D eigenvalue weighted by molar-refractivity contribution is 0.0944. The fraction of sp³-hybridized carbons (Fsp3) is 0.667. The van der Waals surface area contributed by atoms with Crippen LogP contribution < -0.4 is 10.7 Å². The molecule has 0 radical (unpaired) electrons. The molecular weight excluding hydrogens is 290 g/mol. The molecule has 5 heteroatoms. The summed E-state index contributed by atoms with van der Waals surface area (Å²) in [5.41, 5.74) is 0.735. The van der Waals surface area contributed by atoms with E-state index in [0.717, 1.165) is 25.2 Å². The van der Waals surface area contributed by atoms with Crippen LogP contribution in [0.4, 0.5) is 0 Å². The Morgan fingerprint density at radius 1 is 1.48 bits per heavy atom. The highest BCUT2D eigenvalue weighted by Gasteiger charge is 2.20. The van der Waals surface area contributed by atoms with Gasteiger partial charge >= 0.3 is 0 Å². The van der Waals surface area contributed by atoms with Gasteiger partial charge in [-0.05, 0) is 44.6 Å². The summed E-state index contributed by atoms with van der Waals surface area (Å²) in [7, 11) is 0. The van der Waals surface area contributed by atoms with Gasteiger partial charge in [-0.2, -0.15) is 0 Å². The number of aromatic nitrogens is 1. The molecular formula is C18H29N3O2. The number of likely N-dealkylation sites (tertiary alicyclic amines) is 1. The Morgan fingerprint density at radius 3 is 2.96 bits per heavy atom. The van der Waals surface area contributed by atoms with Crippen molar-refractivity contribution >= 4 is 5.91 Å². The monoisotopic (exact) mass is 319 g/mol. The Labute approximate surface area is 138 Å². The number of nitrogens with one attached hydrogen (secondary N) is 2. The molecule has 128 valence electrons. The van der Waals surface area contributed by atoms with Gasteiger partial charge in [0.25, 0.3) is 5.91 Å². The van der Waals surface area contributed by atoms with E-state index in [1.54, 1.807) is 6.92 Å². The largest absolute Gasteiger partial charge is 0.364 e. The number of H-pyrrole nitrogens is 1.